The summed E-state index contributed by atoms with van der Waals surface area (Å²) < 4.78 is 16.4. The van der Waals surface area contributed by atoms with Crippen LogP contribution in [0.4, 0.5) is 11.4 Å². The van der Waals surface area contributed by atoms with Gasteiger partial charge in [0, 0.05) is 29.4 Å². The molecule has 1 unspecified atom stereocenters. The van der Waals surface area contributed by atoms with Gasteiger partial charge >= 0.3 is 5.97 Å². The number of hydrogen-bond donors (Lipinski definition) is 1. The standard InChI is InChI=1S/C32H28ClN3O6/c1-4-41-32(39)21-7-5-9-23(15-21)36-31(38)26(19(2)35-36)18-25-12-14-29(42-25)20-11-13-28(33)27(16-20)30(37)34-22-8-6-10-24(17-22)40-3/h5-17,26H,4,18H2,1-3H3,(H,34,37). The van der Waals surface area contributed by atoms with Crippen molar-refractivity contribution in [3.63, 3.8) is 0 Å². The second-order valence-corrected chi connectivity index (χ2v) is 9.97. The van der Waals surface area contributed by atoms with E-state index in [1.807, 2.05) is 0 Å². The summed E-state index contributed by atoms with van der Waals surface area (Å²) >= 11 is 6.36. The molecule has 0 aliphatic carbocycles. The number of methoxy groups -OCH3 is 1. The Morgan fingerprint density at radius 1 is 1.05 bits per heavy atom. The molecule has 1 aliphatic heterocycles. The molecule has 5 rings (SSSR count). The first-order valence-electron chi connectivity index (χ1n) is 13.3. The number of furan rings is 1. The number of rotatable bonds is 9. The number of nitrogens with zero attached hydrogens (tertiary/aromatic N) is 2. The number of anilines is 2. The zero-order valence-electron chi connectivity index (χ0n) is 23.2. The number of halogens is 1. The summed E-state index contributed by atoms with van der Waals surface area (Å²) in [6.07, 6.45) is 0.291. The van der Waals surface area contributed by atoms with Gasteiger partial charge in [-0.3, -0.25) is 9.59 Å². The molecule has 2 amide bonds. The summed E-state index contributed by atoms with van der Waals surface area (Å²) in [5, 5.41) is 8.89. The molecule has 0 saturated carbocycles. The fourth-order valence-corrected chi connectivity index (χ4v) is 4.80. The molecule has 42 heavy (non-hydrogen) atoms. The van der Waals surface area contributed by atoms with Crippen LogP contribution in [0, 0.1) is 5.92 Å². The molecule has 1 N–H and O–H groups in total. The maximum atomic E-state index is 13.3. The number of ether oxygens (including phenoxy) is 2. The molecule has 0 bridgehead atoms. The van der Waals surface area contributed by atoms with Crippen molar-refractivity contribution >= 4 is 46.5 Å². The van der Waals surface area contributed by atoms with Gasteiger partial charge in [-0.15, -0.1) is 0 Å². The van der Waals surface area contributed by atoms with Gasteiger partial charge < -0.3 is 19.2 Å². The van der Waals surface area contributed by atoms with Gasteiger partial charge in [0.25, 0.3) is 11.8 Å². The van der Waals surface area contributed by atoms with Crippen LogP contribution in [0.15, 0.2) is 88.4 Å². The number of esters is 1. The Kier molecular flexibility index (Phi) is 8.40. The lowest BCUT2D eigenvalue weighted by molar-refractivity contribution is -0.119. The predicted octanol–water partition coefficient (Wildman–Crippen LogP) is 6.62. The molecule has 10 heteroatoms. The number of carbonyl (C=O) groups excluding carboxylic acids is 3. The Bertz CT molecular complexity index is 1700. The Labute approximate surface area is 247 Å². The van der Waals surface area contributed by atoms with Gasteiger partial charge in [0.15, 0.2) is 0 Å². The first kappa shape index (κ1) is 28.6. The van der Waals surface area contributed by atoms with E-state index in [9.17, 15) is 14.4 Å². The van der Waals surface area contributed by atoms with E-state index in [2.05, 4.69) is 10.4 Å². The van der Waals surface area contributed by atoms with Crippen molar-refractivity contribution in [3.8, 4) is 17.1 Å². The monoisotopic (exact) mass is 585 g/mol. The van der Waals surface area contributed by atoms with Crippen molar-refractivity contribution in [2.75, 3.05) is 24.0 Å². The van der Waals surface area contributed by atoms with Crippen LogP contribution in [-0.4, -0.2) is 37.2 Å². The molecular weight excluding hydrogens is 558 g/mol. The van der Waals surface area contributed by atoms with Gasteiger partial charge in [0.1, 0.15) is 17.3 Å². The number of nitrogens with one attached hydrogen (secondary N) is 1. The summed E-state index contributed by atoms with van der Waals surface area (Å²) in [5.74, 6) is 0.115. The van der Waals surface area contributed by atoms with Gasteiger partial charge in [-0.05, 0) is 74.5 Å². The van der Waals surface area contributed by atoms with E-state index in [4.69, 9.17) is 25.5 Å². The van der Waals surface area contributed by atoms with Crippen molar-refractivity contribution in [2.45, 2.75) is 20.3 Å². The smallest absolute Gasteiger partial charge is 0.338 e. The van der Waals surface area contributed by atoms with Gasteiger partial charge in [0.05, 0.1) is 41.5 Å². The van der Waals surface area contributed by atoms with Crippen LogP contribution in [0.2, 0.25) is 5.02 Å². The number of carbonyl (C=O) groups is 3. The van der Waals surface area contributed by atoms with Crippen LogP contribution in [-0.2, 0) is 16.0 Å². The fourth-order valence-electron chi connectivity index (χ4n) is 4.60. The lowest BCUT2D eigenvalue weighted by Gasteiger charge is -2.15. The van der Waals surface area contributed by atoms with E-state index in [1.165, 1.54) is 5.01 Å². The van der Waals surface area contributed by atoms with E-state index < -0.39 is 11.9 Å². The summed E-state index contributed by atoms with van der Waals surface area (Å²) in [6.45, 7) is 3.77. The molecule has 9 nitrogen and oxygen atoms in total. The van der Waals surface area contributed by atoms with Gasteiger partial charge in [0.2, 0.25) is 0 Å². The minimum atomic E-state index is -0.537. The molecule has 0 saturated heterocycles. The topological polar surface area (TPSA) is 110 Å². The van der Waals surface area contributed by atoms with Gasteiger partial charge in [-0.2, -0.15) is 5.10 Å². The number of hydrazone groups is 1. The largest absolute Gasteiger partial charge is 0.497 e. The van der Waals surface area contributed by atoms with Crippen molar-refractivity contribution in [1.29, 1.82) is 0 Å². The van der Waals surface area contributed by atoms with E-state index in [-0.39, 0.29) is 24.0 Å². The Morgan fingerprint density at radius 3 is 2.64 bits per heavy atom. The SMILES string of the molecule is CCOC(=O)c1cccc(N2N=C(C)C(Cc3ccc(-c4ccc(Cl)c(C(=O)Nc5cccc(OC)c5)c4)o3)C2=O)c1. The molecule has 1 aliphatic rings. The quantitative estimate of drug-likeness (QED) is 0.221. The summed E-state index contributed by atoms with van der Waals surface area (Å²) in [4.78, 5) is 38.5. The molecular formula is C32H28ClN3O6. The highest BCUT2D eigenvalue weighted by Crippen LogP contribution is 2.31. The van der Waals surface area contributed by atoms with Crippen molar-refractivity contribution in [3.05, 3.63) is 101 Å². The summed E-state index contributed by atoms with van der Waals surface area (Å²) in [7, 11) is 1.55. The highest BCUT2D eigenvalue weighted by Gasteiger charge is 2.35. The summed E-state index contributed by atoms with van der Waals surface area (Å²) in [6, 6.07) is 22.3. The second kappa shape index (κ2) is 12.3. The molecule has 2 heterocycles. The molecule has 4 aromatic rings. The zero-order chi connectivity index (χ0) is 29.8. The fraction of sp³-hybridized carbons (Fsp3) is 0.188. The van der Waals surface area contributed by atoms with Crippen LogP contribution in [0.1, 0.15) is 40.3 Å². The Hall–Kier alpha value is -4.89. The predicted molar refractivity (Wildman–Crippen MR) is 160 cm³/mol. The van der Waals surface area contributed by atoms with Gasteiger partial charge in [-0.1, -0.05) is 23.7 Å². The maximum Gasteiger partial charge on any atom is 0.338 e. The maximum absolute atomic E-state index is 13.3. The van der Waals surface area contributed by atoms with E-state index >= 15 is 0 Å². The molecule has 0 radical (unpaired) electrons. The Balaban J connectivity index is 1.30. The van der Waals surface area contributed by atoms with E-state index in [1.54, 1.807) is 99.8 Å². The molecule has 214 valence electrons. The normalized spacial score (nSPS) is 14.5. The minimum absolute atomic E-state index is 0.227. The van der Waals surface area contributed by atoms with Crippen molar-refractivity contribution < 1.29 is 28.3 Å². The third-order valence-corrected chi connectivity index (χ3v) is 7.09. The highest BCUT2D eigenvalue weighted by atomic mass is 35.5. The average Bonchev–Trinajstić information content (AvgIpc) is 3.58. The highest BCUT2D eigenvalue weighted by molar-refractivity contribution is 6.34. The first-order chi connectivity index (χ1) is 20.3. The minimum Gasteiger partial charge on any atom is -0.497 e. The van der Waals surface area contributed by atoms with E-state index in [0.29, 0.717) is 56.9 Å². The first-order valence-corrected chi connectivity index (χ1v) is 13.7. The van der Waals surface area contributed by atoms with Crippen LogP contribution >= 0.6 is 11.6 Å². The number of hydrogen-bond acceptors (Lipinski definition) is 7. The number of amides is 2. The molecule has 3 aromatic carbocycles. The lowest BCUT2D eigenvalue weighted by Crippen LogP contribution is -2.28. The number of benzene rings is 3. The van der Waals surface area contributed by atoms with Gasteiger partial charge in [-0.25, -0.2) is 9.80 Å². The molecule has 0 fully saturated rings. The third kappa shape index (κ3) is 6.06. The van der Waals surface area contributed by atoms with Crippen molar-refractivity contribution in [2.24, 2.45) is 11.0 Å². The van der Waals surface area contributed by atoms with Crippen LogP contribution in [0.5, 0.6) is 5.75 Å². The lowest BCUT2D eigenvalue weighted by atomic mass is 9.99. The van der Waals surface area contributed by atoms with Crippen LogP contribution in [0.25, 0.3) is 11.3 Å². The Morgan fingerprint density at radius 2 is 1.86 bits per heavy atom. The average molecular weight is 586 g/mol. The summed E-state index contributed by atoms with van der Waals surface area (Å²) in [5.41, 5.74) is 2.96. The zero-order valence-corrected chi connectivity index (χ0v) is 24.0. The van der Waals surface area contributed by atoms with Crippen molar-refractivity contribution in [1.82, 2.24) is 0 Å². The molecule has 1 atom stereocenters. The van der Waals surface area contributed by atoms with Crippen LogP contribution in [0.3, 0.4) is 0 Å². The molecule has 0 spiro atoms. The molecule has 1 aromatic heterocycles. The van der Waals surface area contributed by atoms with E-state index in [0.717, 1.165) is 0 Å². The second-order valence-electron chi connectivity index (χ2n) is 9.57. The van der Waals surface area contributed by atoms with Crippen LogP contribution < -0.4 is 15.1 Å². The third-order valence-electron chi connectivity index (χ3n) is 6.76.